The van der Waals surface area contributed by atoms with Gasteiger partial charge < -0.3 is 15.1 Å². The van der Waals surface area contributed by atoms with E-state index in [0.29, 0.717) is 19.5 Å². The molecule has 3 rings (SSSR count). The van der Waals surface area contributed by atoms with Gasteiger partial charge in [0.15, 0.2) is 0 Å². The van der Waals surface area contributed by atoms with Gasteiger partial charge in [-0.2, -0.15) is 0 Å². The van der Waals surface area contributed by atoms with E-state index in [2.05, 4.69) is 5.32 Å². The van der Waals surface area contributed by atoms with Gasteiger partial charge in [0, 0.05) is 44.2 Å². The highest BCUT2D eigenvalue weighted by molar-refractivity contribution is 6.31. The molecule has 1 N–H and O–H groups in total. The average molecular weight is 414 g/mol. The quantitative estimate of drug-likeness (QED) is 0.742. The van der Waals surface area contributed by atoms with Crippen molar-refractivity contribution in [2.75, 3.05) is 20.1 Å². The molecule has 1 fully saturated rings. The second-order valence-electron chi connectivity index (χ2n) is 7.50. The summed E-state index contributed by atoms with van der Waals surface area (Å²) in [5, 5.41) is 3.60. The fraction of sp³-hybridized carbons (Fsp3) is 0.391. The van der Waals surface area contributed by atoms with E-state index in [1.165, 1.54) is 0 Å². The Hall–Kier alpha value is -2.53. The highest BCUT2D eigenvalue weighted by atomic mass is 35.5. The van der Waals surface area contributed by atoms with Crippen molar-refractivity contribution < 1.29 is 9.59 Å². The number of halogens is 1. The number of amides is 3. The zero-order chi connectivity index (χ0) is 20.6. The molecule has 1 atom stereocenters. The van der Waals surface area contributed by atoms with Gasteiger partial charge in [0.1, 0.15) is 0 Å². The Bertz CT molecular complexity index is 828. The van der Waals surface area contributed by atoms with Gasteiger partial charge in [0.25, 0.3) is 0 Å². The van der Waals surface area contributed by atoms with E-state index in [-0.39, 0.29) is 18.0 Å². The summed E-state index contributed by atoms with van der Waals surface area (Å²) in [5.74, 6) is 0.0885. The van der Waals surface area contributed by atoms with Crippen LogP contribution >= 0.6 is 11.6 Å². The lowest BCUT2D eigenvalue weighted by atomic mass is 10.0. The molecular formula is C23H28ClN3O2. The van der Waals surface area contributed by atoms with Crippen LogP contribution in [0.25, 0.3) is 0 Å². The Morgan fingerprint density at radius 2 is 1.86 bits per heavy atom. The highest BCUT2D eigenvalue weighted by Gasteiger charge is 2.28. The SMILES string of the molecule is CN(Cc1ccccc1)C(=O)NCCC(=O)N1CCCC1Cc1ccccc1Cl. The summed E-state index contributed by atoms with van der Waals surface area (Å²) in [7, 11) is 1.75. The van der Waals surface area contributed by atoms with Crippen LogP contribution in [0, 0.1) is 0 Å². The van der Waals surface area contributed by atoms with Crippen LogP contribution in [0.15, 0.2) is 54.6 Å². The molecule has 0 saturated carbocycles. The minimum absolute atomic E-state index is 0.0885. The summed E-state index contributed by atoms with van der Waals surface area (Å²) < 4.78 is 0. The lowest BCUT2D eigenvalue weighted by Gasteiger charge is -2.25. The molecule has 2 aromatic rings. The second kappa shape index (κ2) is 10.3. The van der Waals surface area contributed by atoms with E-state index in [0.717, 1.165) is 42.0 Å². The molecule has 1 heterocycles. The second-order valence-corrected chi connectivity index (χ2v) is 7.91. The number of nitrogens with zero attached hydrogens (tertiary/aromatic N) is 2. The maximum atomic E-state index is 12.7. The van der Waals surface area contributed by atoms with Crippen LogP contribution in [-0.2, 0) is 17.8 Å². The normalized spacial score (nSPS) is 15.9. The van der Waals surface area contributed by atoms with Crippen molar-refractivity contribution in [1.29, 1.82) is 0 Å². The molecule has 2 aromatic carbocycles. The third-order valence-electron chi connectivity index (χ3n) is 5.34. The van der Waals surface area contributed by atoms with E-state index in [1.807, 2.05) is 59.5 Å². The van der Waals surface area contributed by atoms with Gasteiger partial charge >= 0.3 is 6.03 Å². The molecule has 29 heavy (non-hydrogen) atoms. The largest absolute Gasteiger partial charge is 0.339 e. The molecule has 1 aliphatic rings. The fourth-order valence-corrected chi connectivity index (χ4v) is 3.99. The van der Waals surface area contributed by atoms with Gasteiger partial charge in [0.2, 0.25) is 5.91 Å². The number of urea groups is 1. The maximum Gasteiger partial charge on any atom is 0.317 e. The van der Waals surface area contributed by atoms with Gasteiger partial charge in [0.05, 0.1) is 0 Å². The zero-order valence-corrected chi connectivity index (χ0v) is 17.6. The Balaban J connectivity index is 1.44. The minimum atomic E-state index is -0.171. The topological polar surface area (TPSA) is 52.7 Å². The Morgan fingerprint density at radius 3 is 2.62 bits per heavy atom. The molecule has 0 spiro atoms. The van der Waals surface area contributed by atoms with E-state index >= 15 is 0 Å². The first kappa shape index (κ1) is 21.2. The van der Waals surface area contributed by atoms with E-state index < -0.39 is 0 Å². The van der Waals surface area contributed by atoms with Crippen molar-refractivity contribution >= 4 is 23.5 Å². The predicted molar refractivity (Wildman–Crippen MR) is 116 cm³/mol. The average Bonchev–Trinajstić information content (AvgIpc) is 3.18. The molecular weight excluding hydrogens is 386 g/mol. The van der Waals surface area contributed by atoms with Crippen LogP contribution < -0.4 is 5.32 Å². The number of benzene rings is 2. The third-order valence-corrected chi connectivity index (χ3v) is 5.70. The standard InChI is InChI=1S/C23H28ClN3O2/c1-26(17-18-8-3-2-4-9-18)23(29)25-14-13-22(28)27-15-7-11-20(27)16-19-10-5-6-12-21(19)24/h2-6,8-10,12,20H,7,11,13-17H2,1H3,(H,25,29). The summed E-state index contributed by atoms with van der Waals surface area (Å²) in [6.07, 6.45) is 3.08. The van der Waals surface area contributed by atoms with E-state index in [9.17, 15) is 9.59 Å². The Morgan fingerprint density at radius 1 is 1.14 bits per heavy atom. The molecule has 1 unspecified atom stereocenters. The van der Waals surface area contributed by atoms with Crippen molar-refractivity contribution in [3.63, 3.8) is 0 Å². The van der Waals surface area contributed by atoms with Crippen molar-refractivity contribution in [1.82, 2.24) is 15.1 Å². The van der Waals surface area contributed by atoms with Gasteiger partial charge in [-0.1, -0.05) is 60.1 Å². The van der Waals surface area contributed by atoms with Crippen LogP contribution in [0.4, 0.5) is 4.79 Å². The van der Waals surface area contributed by atoms with Crippen LogP contribution in [0.3, 0.4) is 0 Å². The molecule has 5 nitrogen and oxygen atoms in total. The van der Waals surface area contributed by atoms with E-state index in [4.69, 9.17) is 11.6 Å². The number of rotatable bonds is 7. The number of hydrogen-bond donors (Lipinski definition) is 1. The number of carbonyl (C=O) groups is 2. The lowest BCUT2D eigenvalue weighted by Crippen LogP contribution is -2.41. The lowest BCUT2D eigenvalue weighted by molar-refractivity contribution is -0.131. The minimum Gasteiger partial charge on any atom is -0.339 e. The smallest absolute Gasteiger partial charge is 0.317 e. The maximum absolute atomic E-state index is 12.7. The van der Waals surface area contributed by atoms with Crippen LogP contribution in [-0.4, -0.2) is 47.9 Å². The molecule has 1 saturated heterocycles. The van der Waals surface area contributed by atoms with Gasteiger partial charge in [-0.15, -0.1) is 0 Å². The molecule has 0 aliphatic carbocycles. The molecule has 1 aliphatic heterocycles. The predicted octanol–water partition coefficient (Wildman–Crippen LogP) is 4.11. The summed E-state index contributed by atoms with van der Waals surface area (Å²) in [4.78, 5) is 28.5. The van der Waals surface area contributed by atoms with Crippen molar-refractivity contribution in [3.8, 4) is 0 Å². The van der Waals surface area contributed by atoms with Gasteiger partial charge in [-0.25, -0.2) is 4.79 Å². The number of hydrogen-bond acceptors (Lipinski definition) is 2. The third kappa shape index (κ3) is 5.97. The number of carbonyl (C=O) groups excluding carboxylic acids is 2. The first-order valence-electron chi connectivity index (χ1n) is 10.1. The molecule has 0 bridgehead atoms. The van der Waals surface area contributed by atoms with Crippen LogP contribution in [0.2, 0.25) is 5.02 Å². The highest BCUT2D eigenvalue weighted by Crippen LogP contribution is 2.25. The van der Waals surface area contributed by atoms with Gasteiger partial charge in [-0.3, -0.25) is 4.79 Å². The summed E-state index contributed by atoms with van der Waals surface area (Å²) >= 11 is 6.28. The summed E-state index contributed by atoms with van der Waals surface area (Å²) in [5.41, 5.74) is 2.15. The van der Waals surface area contributed by atoms with Crippen LogP contribution in [0.5, 0.6) is 0 Å². The molecule has 6 heteroatoms. The fourth-order valence-electron chi connectivity index (χ4n) is 3.78. The molecule has 0 radical (unpaired) electrons. The Kier molecular flexibility index (Phi) is 7.53. The number of likely N-dealkylation sites (tertiary alicyclic amines) is 1. The molecule has 154 valence electrons. The van der Waals surface area contributed by atoms with Gasteiger partial charge in [-0.05, 0) is 36.5 Å². The van der Waals surface area contributed by atoms with E-state index in [1.54, 1.807) is 11.9 Å². The van der Waals surface area contributed by atoms with Crippen molar-refractivity contribution in [2.24, 2.45) is 0 Å². The van der Waals surface area contributed by atoms with Crippen molar-refractivity contribution in [3.05, 3.63) is 70.7 Å². The Labute approximate surface area is 177 Å². The molecule has 0 aromatic heterocycles. The number of nitrogens with one attached hydrogen (secondary N) is 1. The monoisotopic (exact) mass is 413 g/mol. The zero-order valence-electron chi connectivity index (χ0n) is 16.8. The first-order valence-corrected chi connectivity index (χ1v) is 10.5. The molecule has 3 amide bonds. The first-order chi connectivity index (χ1) is 14.0. The van der Waals surface area contributed by atoms with Crippen LogP contribution in [0.1, 0.15) is 30.4 Å². The summed E-state index contributed by atoms with van der Waals surface area (Å²) in [6.45, 7) is 1.65. The van der Waals surface area contributed by atoms with Crippen molar-refractivity contribution in [2.45, 2.75) is 38.3 Å². The summed E-state index contributed by atoms with van der Waals surface area (Å²) in [6, 6.07) is 17.6.